The molecule has 2 saturated heterocycles. The molecule has 0 aromatic heterocycles. The highest BCUT2D eigenvalue weighted by atomic mass is 16.7. The van der Waals surface area contributed by atoms with Gasteiger partial charge in [0.25, 0.3) is 0 Å². The summed E-state index contributed by atoms with van der Waals surface area (Å²) < 4.78 is 21.4. The summed E-state index contributed by atoms with van der Waals surface area (Å²) in [5, 5.41) is 87.5. The molecule has 0 saturated carbocycles. The van der Waals surface area contributed by atoms with E-state index in [4.69, 9.17) is 18.9 Å². The fourth-order valence-electron chi connectivity index (χ4n) is 3.52. The number of rotatable bonds is 7. The maximum Gasteiger partial charge on any atom is 0.229 e. The van der Waals surface area contributed by atoms with Crippen LogP contribution in [0.4, 0.5) is 0 Å². The molecule has 0 aliphatic carbocycles. The first-order valence-electron chi connectivity index (χ1n) is 10.1. The molecule has 11 atom stereocenters. The summed E-state index contributed by atoms with van der Waals surface area (Å²) in [6.45, 7) is -1.26. The van der Waals surface area contributed by atoms with Gasteiger partial charge in [0.15, 0.2) is 12.4 Å². The summed E-state index contributed by atoms with van der Waals surface area (Å²) in [4.78, 5) is 0. The van der Waals surface area contributed by atoms with Gasteiger partial charge in [-0.2, -0.15) is 5.26 Å². The molecule has 0 radical (unpaired) electrons. The normalized spacial score (nSPS) is 40.1. The fraction of sp³-hybridized carbons (Fsp3) is 0.650. The van der Waals surface area contributed by atoms with E-state index in [0.29, 0.717) is 5.56 Å². The standard InChI is InChI=1S/C20H27NO12/c21-5-10(31-20-18(29)16(27)14(25)12(7-23)33-20)8-1-3-9(4-2-8)30-19-17(28)15(26)13(24)11(6-22)32-19/h1-4,10-20,22-29H,6-7H2/t10-,11+,12-,13+,14+,15-,16-,17+,18-,19+,20+/m1/s1. The first-order valence-corrected chi connectivity index (χ1v) is 10.1. The van der Waals surface area contributed by atoms with Crippen LogP contribution in [0.25, 0.3) is 0 Å². The average molecular weight is 473 g/mol. The minimum Gasteiger partial charge on any atom is -0.462 e. The van der Waals surface area contributed by atoms with Gasteiger partial charge in [-0.05, 0) is 17.7 Å². The second-order valence-corrected chi connectivity index (χ2v) is 7.73. The van der Waals surface area contributed by atoms with Crippen molar-refractivity contribution in [1.29, 1.82) is 5.26 Å². The van der Waals surface area contributed by atoms with Crippen molar-refractivity contribution in [1.82, 2.24) is 0 Å². The van der Waals surface area contributed by atoms with Crippen molar-refractivity contribution in [3.8, 4) is 11.8 Å². The lowest BCUT2D eigenvalue weighted by Crippen LogP contribution is -2.60. The molecule has 0 bridgehead atoms. The van der Waals surface area contributed by atoms with Gasteiger partial charge >= 0.3 is 0 Å². The van der Waals surface area contributed by atoms with Crippen LogP contribution < -0.4 is 4.74 Å². The van der Waals surface area contributed by atoms with E-state index < -0.39 is 80.7 Å². The quantitative estimate of drug-likeness (QED) is 0.191. The average Bonchev–Trinajstić information content (AvgIpc) is 2.83. The van der Waals surface area contributed by atoms with Crippen LogP contribution in [0.15, 0.2) is 24.3 Å². The van der Waals surface area contributed by atoms with E-state index in [9.17, 15) is 46.1 Å². The first kappa shape index (κ1) is 25.7. The number of aliphatic hydroxyl groups is 8. The van der Waals surface area contributed by atoms with Crippen LogP contribution in [0.3, 0.4) is 0 Å². The van der Waals surface area contributed by atoms with Gasteiger partial charge in [0.05, 0.1) is 19.3 Å². The number of ether oxygens (including phenoxy) is 4. The zero-order chi connectivity index (χ0) is 24.3. The monoisotopic (exact) mass is 473 g/mol. The maximum absolute atomic E-state index is 10.1. The van der Waals surface area contributed by atoms with Crippen molar-refractivity contribution in [2.75, 3.05) is 13.2 Å². The molecule has 0 unspecified atom stereocenters. The van der Waals surface area contributed by atoms with Gasteiger partial charge in [-0.3, -0.25) is 0 Å². The number of hydrogen-bond donors (Lipinski definition) is 8. The molecule has 2 aliphatic heterocycles. The third-order valence-electron chi connectivity index (χ3n) is 5.52. The molecule has 8 N–H and O–H groups in total. The molecular weight excluding hydrogens is 446 g/mol. The minimum absolute atomic E-state index is 0.160. The molecule has 1 aromatic carbocycles. The van der Waals surface area contributed by atoms with Gasteiger partial charge in [0.1, 0.15) is 54.6 Å². The van der Waals surface area contributed by atoms with Crippen molar-refractivity contribution in [2.45, 2.75) is 67.5 Å². The summed E-state index contributed by atoms with van der Waals surface area (Å²) in [5.41, 5.74) is 0.301. The van der Waals surface area contributed by atoms with E-state index >= 15 is 0 Å². The lowest BCUT2D eigenvalue weighted by molar-refractivity contribution is -0.307. The summed E-state index contributed by atoms with van der Waals surface area (Å²) >= 11 is 0. The van der Waals surface area contributed by atoms with Crippen molar-refractivity contribution in [2.24, 2.45) is 0 Å². The van der Waals surface area contributed by atoms with E-state index in [1.807, 2.05) is 6.07 Å². The Bertz CT molecular complexity index is 799. The molecule has 2 heterocycles. The van der Waals surface area contributed by atoms with Crippen LogP contribution in [0.2, 0.25) is 0 Å². The van der Waals surface area contributed by atoms with Crippen LogP contribution >= 0.6 is 0 Å². The lowest BCUT2D eigenvalue weighted by atomic mass is 9.99. The Hall–Kier alpha value is -1.93. The Labute approximate surface area is 188 Å². The highest BCUT2D eigenvalue weighted by Gasteiger charge is 2.46. The third-order valence-corrected chi connectivity index (χ3v) is 5.52. The smallest absolute Gasteiger partial charge is 0.229 e. The first-order chi connectivity index (χ1) is 15.7. The third kappa shape index (κ3) is 5.43. The van der Waals surface area contributed by atoms with Gasteiger partial charge < -0.3 is 59.8 Å². The van der Waals surface area contributed by atoms with Gasteiger partial charge in [-0.1, -0.05) is 12.1 Å². The molecular formula is C20H27NO12. The largest absolute Gasteiger partial charge is 0.462 e. The SMILES string of the molecule is N#C[C@@H](O[C@H]1O[C@H](CO)[C@H](O)[C@@H](O)[C@H]1O)c1ccc(O[C@H]2O[C@@H](CO)[C@H](O)[C@@H](O)[C@@H]2O)cc1. The van der Waals surface area contributed by atoms with Crippen molar-refractivity contribution in [3.05, 3.63) is 29.8 Å². The fourth-order valence-corrected chi connectivity index (χ4v) is 3.52. The molecule has 2 aliphatic rings. The molecule has 13 nitrogen and oxygen atoms in total. The predicted octanol–water partition coefficient (Wildman–Crippen LogP) is -3.75. The summed E-state index contributed by atoms with van der Waals surface area (Å²) in [5.74, 6) is 0.160. The Morgan fingerprint density at radius 2 is 1.24 bits per heavy atom. The van der Waals surface area contributed by atoms with E-state index in [-0.39, 0.29) is 5.75 Å². The Kier molecular flexibility index (Phi) is 8.56. The molecule has 0 amide bonds. The second-order valence-electron chi connectivity index (χ2n) is 7.73. The van der Waals surface area contributed by atoms with Crippen molar-refractivity contribution < 1.29 is 59.8 Å². The van der Waals surface area contributed by atoms with Gasteiger partial charge in [-0.15, -0.1) is 0 Å². The van der Waals surface area contributed by atoms with E-state index in [1.165, 1.54) is 24.3 Å². The molecule has 3 rings (SSSR count). The van der Waals surface area contributed by atoms with Gasteiger partial charge in [0, 0.05) is 0 Å². The summed E-state index contributed by atoms with van der Waals surface area (Å²) in [7, 11) is 0. The molecule has 2 fully saturated rings. The number of nitriles is 1. The summed E-state index contributed by atoms with van der Waals surface area (Å²) in [6.07, 6.45) is -16.1. The van der Waals surface area contributed by atoms with Crippen LogP contribution in [0.5, 0.6) is 5.75 Å². The maximum atomic E-state index is 10.1. The van der Waals surface area contributed by atoms with E-state index in [0.717, 1.165) is 0 Å². The number of benzene rings is 1. The Balaban J connectivity index is 1.66. The lowest BCUT2D eigenvalue weighted by Gasteiger charge is -2.40. The van der Waals surface area contributed by atoms with Crippen molar-refractivity contribution >= 4 is 0 Å². The highest BCUT2D eigenvalue weighted by Crippen LogP contribution is 2.29. The zero-order valence-electron chi connectivity index (χ0n) is 17.2. The second kappa shape index (κ2) is 11.0. The zero-order valence-corrected chi connectivity index (χ0v) is 17.2. The Morgan fingerprint density at radius 1 is 0.758 bits per heavy atom. The van der Waals surface area contributed by atoms with Crippen LogP contribution in [-0.4, -0.2) is 115 Å². The molecule has 1 aromatic rings. The number of nitrogens with zero attached hydrogens (tertiary/aromatic N) is 1. The minimum atomic E-state index is -1.67. The molecule has 0 spiro atoms. The number of aliphatic hydroxyl groups excluding tert-OH is 8. The van der Waals surface area contributed by atoms with Crippen LogP contribution in [-0.2, 0) is 14.2 Å². The molecule has 13 heteroatoms. The van der Waals surface area contributed by atoms with Crippen LogP contribution in [0.1, 0.15) is 11.7 Å². The topological polar surface area (TPSA) is 223 Å². The van der Waals surface area contributed by atoms with Crippen molar-refractivity contribution in [3.63, 3.8) is 0 Å². The highest BCUT2D eigenvalue weighted by molar-refractivity contribution is 5.31. The predicted molar refractivity (Wildman–Crippen MR) is 104 cm³/mol. The summed E-state index contributed by atoms with van der Waals surface area (Å²) in [6, 6.07) is 7.52. The Morgan fingerprint density at radius 3 is 1.73 bits per heavy atom. The van der Waals surface area contributed by atoms with Gasteiger partial charge in [0.2, 0.25) is 6.29 Å². The molecule has 184 valence electrons. The molecule has 33 heavy (non-hydrogen) atoms. The number of hydrogen-bond acceptors (Lipinski definition) is 13. The van der Waals surface area contributed by atoms with E-state index in [1.54, 1.807) is 0 Å². The van der Waals surface area contributed by atoms with Crippen LogP contribution in [0, 0.1) is 11.3 Å². The van der Waals surface area contributed by atoms with E-state index in [2.05, 4.69) is 0 Å². The van der Waals surface area contributed by atoms with Gasteiger partial charge in [-0.25, -0.2) is 0 Å².